The van der Waals surface area contributed by atoms with Gasteiger partial charge in [-0.1, -0.05) is 6.07 Å². The van der Waals surface area contributed by atoms with Crippen LogP contribution in [0, 0.1) is 0 Å². The number of hydrogen-bond acceptors (Lipinski definition) is 4. The fraction of sp³-hybridized carbons (Fsp3) is 0.438. The molecule has 0 aliphatic carbocycles. The Bertz CT molecular complexity index is 628. The topological polar surface area (TPSA) is 65.1 Å². The molecule has 6 nitrogen and oxygen atoms in total. The summed E-state index contributed by atoms with van der Waals surface area (Å²) < 4.78 is 0. The van der Waals surface area contributed by atoms with Crippen molar-refractivity contribution in [2.24, 2.45) is 0 Å². The number of nitrogens with one attached hydrogen (secondary N) is 1. The number of aromatic amines is 1. The van der Waals surface area contributed by atoms with Gasteiger partial charge in [0.1, 0.15) is 5.69 Å². The predicted molar refractivity (Wildman–Crippen MR) is 81.1 cm³/mol. The van der Waals surface area contributed by atoms with Gasteiger partial charge in [0.05, 0.1) is 0 Å². The van der Waals surface area contributed by atoms with Crippen molar-refractivity contribution in [1.29, 1.82) is 0 Å². The molecule has 0 saturated carbocycles. The molecule has 2 bridgehead atoms. The smallest absolute Gasteiger partial charge is 0.272 e. The summed E-state index contributed by atoms with van der Waals surface area (Å²) in [5.41, 5.74) is 1.83. The van der Waals surface area contributed by atoms with E-state index in [0.29, 0.717) is 17.8 Å². The largest absolute Gasteiger partial charge is 0.329 e. The fourth-order valence-electron chi connectivity index (χ4n) is 3.71. The van der Waals surface area contributed by atoms with E-state index in [2.05, 4.69) is 31.0 Å². The number of piperazine rings is 1. The highest BCUT2D eigenvalue weighted by Crippen LogP contribution is 2.31. The minimum absolute atomic E-state index is 0.0889. The number of H-pyrrole nitrogens is 1. The predicted octanol–water partition coefficient (Wildman–Crippen LogP) is 1.29. The van der Waals surface area contributed by atoms with Gasteiger partial charge < -0.3 is 4.90 Å². The van der Waals surface area contributed by atoms with Gasteiger partial charge in [-0.2, -0.15) is 5.10 Å². The van der Waals surface area contributed by atoms with Gasteiger partial charge in [-0.25, -0.2) is 0 Å². The molecule has 0 spiro atoms. The fourth-order valence-corrected chi connectivity index (χ4v) is 3.71. The normalized spacial score (nSPS) is 24.6. The molecule has 2 unspecified atom stereocenters. The Labute approximate surface area is 129 Å². The van der Waals surface area contributed by atoms with Crippen LogP contribution < -0.4 is 0 Å². The van der Waals surface area contributed by atoms with Gasteiger partial charge in [-0.15, -0.1) is 0 Å². The summed E-state index contributed by atoms with van der Waals surface area (Å²) in [7, 11) is 0. The third-order valence-electron chi connectivity index (χ3n) is 4.65. The third kappa shape index (κ3) is 2.39. The number of carbonyl (C=O) groups excluding carboxylic acids is 1. The number of likely N-dealkylation sites (tertiary alicyclic amines) is 1. The number of rotatable bonds is 3. The average Bonchev–Trinajstić information content (AvgIpc) is 3.15. The molecule has 22 heavy (non-hydrogen) atoms. The molecule has 2 aromatic rings. The van der Waals surface area contributed by atoms with Crippen LogP contribution in [0.25, 0.3) is 0 Å². The molecule has 0 aromatic carbocycles. The monoisotopic (exact) mass is 297 g/mol. The number of amides is 1. The van der Waals surface area contributed by atoms with Crippen molar-refractivity contribution < 1.29 is 4.79 Å². The van der Waals surface area contributed by atoms with Gasteiger partial charge in [-0.05, 0) is 30.5 Å². The second-order valence-electron chi connectivity index (χ2n) is 6.12. The number of pyridine rings is 1. The molecular formula is C16H19N5O. The van der Waals surface area contributed by atoms with Crippen LogP contribution in [0.5, 0.6) is 0 Å². The van der Waals surface area contributed by atoms with Crippen LogP contribution in [0.1, 0.15) is 28.9 Å². The molecule has 4 heterocycles. The molecule has 2 atom stereocenters. The SMILES string of the molecule is O=C(c1ccn[nH]1)N1C2CCC1CN(Cc1cccnc1)C2. The summed E-state index contributed by atoms with van der Waals surface area (Å²) in [4.78, 5) is 21.3. The molecule has 4 rings (SSSR count). The zero-order valence-electron chi connectivity index (χ0n) is 12.4. The molecule has 0 radical (unpaired) electrons. The minimum atomic E-state index is 0.0889. The number of nitrogens with zero attached hydrogens (tertiary/aromatic N) is 4. The zero-order valence-corrected chi connectivity index (χ0v) is 12.4. The lowest BCUT2D eigenvalue weighted by atomic mass is 10.1. The highest BCUT2D eigenvalue weighted by atomic mass is 16.2. The van der Waals surface area contributed by atoms with Gasteiger partial charge in [0, 0.05) is 50.3 Å². The van der Waals surface area contributed by atoms with Crippen LogP contribution in [0.15, 0.2) is 36.8 Å². The van der Waals surface area contributed by atoms with Crippen LogP contribution in [-0.2, 0) is 6.54 Å². The number of fused-ring (bicyclic) bond motifs is 2. The zero-order chi connectivity index (χ0) is 14.9. The maximum Gasteiger partial charge on any atom is 0.272 e. The molecule has 6 heteroatoms. The van der Waals surface area contributed by atoms with E-state index in [9.17, 15) is 4.79 Å². The van der Waals surface area contributed by atoms with Gasteiger partial charge in [0.15, 0.2) is 0 Å². The summed E-state index contributed by atoms with van der Waals surface area (Å²) in [5.74, 6) is 0.0889. The van der Waals surface area contributed by atoms with Gasteiger partial charge in [0.25, 0.3) is 5.91 Å². The minimum Gasteiger partial charge on any atom is -0.329 e. The summed E-state index contributed by atoms with van der Waals surface area (Å²) >= 11 is 0. The van der Waals surface area contributed by atoms with Crippen molar-refractivity contribution in [3.05, 3.63) is 48.0 Å². The van der Waals surface area contributed by atoms with Gasteiger partial charge in [0.2, 0.25) is 0 Å². The molecule has 2 fully saturated rings. The van der Waals surface area contributed by atoms with E-state index in [-0.39, 0.29) is 5.91 Å². The van der Waals surface area contributed by atoms with Crippen LogP contribution >= 0.6 is 0 Å². The van der Waals surface area contributed by atoms with Crippen molar-refractivity contribution in [1.82, 2.24) is 25.0 Å². The van der Waals surface area contributed by atoms with Crippen molar-refractivity contribution in [3.63, 3.8) is 0 Å². The second-order valence-corrected chi connectivity index (χ2v) is 6.12. The molecule has 1 amide bonds. The Hall–Kier alpha value is -2.21. The van der Waals surface area contributed by atoms with E-state index in [1.54, 1.807) is 18.5 Å². The first-order valence-corrected chi connectivity index (χ1v) is 7.74. The van der Waals surface area contributed by atoms with E-state index in [1.807, 2.05) is 12.3 Å². The Morgan fingerprint density at radius 1 is 1.23 bits per heavy atom. The lowest BCUT2D eigenvalue weighted by Gasteiger charge is -2.40. The first kappa shape index (κ1) is 13.5. The first-order chi connectivity index (χ1) is 10.8. The molecule has 114 valence electrons. The standard InChI is InChI=1S/C16H19N5O/c22-16(15-5-7-18-19-15)21-13-3-4-14(21)11-20(10-13)9-12-2-1-6-17-8-12/h1-2,5-8,13-14H,3-4,9-11H2,(H,18,19). The molecule has 2 saturated heterocycles. The van der Waals surface area contributed by atoms with Crippen LogP contribution in [0.4, 0.5) is 0 Å². The molecule has 2 aromatic heterocycles. The summed E-state index contributed by atoms with van der Waals surface area (Å²) in [6.45, 7) is 2.78. The maximum atomic E-state index is 12.6. The number of aromatic nitrogens is 3. The van der Waals surface area contributed by atoms with E-state index < -0.39 is 0 Å². The van der Waals surface area contributed by atoms with Crippen LogP contribution in [0.3, 0.4) is 0 Å². The number of carbonyl (C=O) groups is 1. The van der Waals surface area contributed by atoms with E-state index in [4.69, 9.17) is 0 Å². The molecule has 2 aliphatic heterocycles. The summed E-state index contributed by atoms with van der Waals surface area (Å²) in [5, 5.41) is 6.68. The van der Waals surface area contributed by atoms with Crippen molar-refractivity contribution in [2.45, 2.75) is 31.5 Å². The quantitative estimate of drug-likeness (QED) is 0.927. The molecule has 1 N–H and O–H groups in total. The van der Waals surface area contributed by atoms with E-state index in [1.165, 1.54) is 5.56 Å². The summed E-state index contributed by atoms with van der Waals surface area (Å²) in [6, 6.07) is 6.46. The Morgan fingerprint density at radius 3 is 2.68 bits per heavy atom. The Morgan fingerprint density at radius 2 is 2.05 bits per heavy atom. The Balaban J connectivity index is 1.47. The van der Waals surface area contributed by atoms with Crippen molar-refractivity contribution in [3.8, 4) is 0 Å². The second kappa shape index (κ2) is 5.53. The molecule has 2 aliphatic rings. The van der Waals surface area contributed by atoms with Gasteiger partial charge in [-0.3, -0.25) is 19.8 Å². The average molecular weight is 297 g/mol. The highest BCUT2D eigenvalue weighted by molar-refractivity contribution is 5.93. The maximum absolute atomic E-state index is 12.6. The molecular weight excluding hydrogens is 278 g/mol. The van der Waals surface area contributed by atoms with Crippen LogP contribution in [0.2, 0.25) is 0 Å². The van der Waals surface area contributed by atoms with Gasteiger partial charge >= 0.3 is 0 Å². The lowest BCUT2D eigenvalue weighted by molar-refractivity contribution is 0.0399. The van der Waals surface area contributed by atoms with E-state index in [0.717, 1.165) is 32.5 Å². The highest BCUT2D eigenvalue weighted by Gasteiger charge is 2.42. The van der Waals surface area contributed by atoms with Crippen LogP contribution in [-0.4, -0.2) is 56.1 Å². The van der Waals surface area contributed by atoms with Crippen molar-refractivity contribution >= 4 is 5.91 Å². The van der Waals surface area contributed by atoms with E-state index >= 15 is 0 Å². The Kier molecular flexibility index (Phi) is 3.38. The lowest BCUT2D eigenvalue weighted by Crippen LogP contribution is -2.55. The third-order valence-corrected chi connectivity index (χ3v) is 4.65. The summed E-state index contributed by atoms with van der Waals surface area (Å²) in [6.07, 6.45) is 7.54. The first-order valence-electron chi connectivity index (χ1n) is 7.74. The van der Waals surface area contributed by atoms with Crippen molar-refractivity contribution in [2.75, 3.05) is 13.1 Å². The number of hydrogen-bond donors (Lipinski definition) is 1.